The Labute approximate surface area is 145 Å². The molecule has 1 aliphatic heterocycles. The van der Waals surface area contributed by atoms with Gasteiger partial charge in [-0.2, -0.15) is 0 Å². The van der Waals surface area contributed by atoms with Gasteiger partial charge in [0, 0.05) is 12.7 Å². The summed E-state index contributed by atoms with van der Waals surface area (Å²) in [5, 5.41) is 3.68. The molecule has 9 heteroatoms. The van der Waals surface area contributed by atoms with Crippen molar-refractivity contribution in [1.29, 1.82) is 0 Å². The molecule has 2 aromatic rings. The molecule has 1 saturated heterocycles. The predicted molar refractivity (Wildman–Crippen MR) is 86.3 cm³/mol. The summed E-state index contributed by atoms with van der Waals surface area (Å²) in [5.74, 6) is 0.110. The summed E-state index contributed by atoms with van der Waals surface area (Å²) in [6.45, 7) is 3.71. The van der Waals surface area contributed by atoms with Crippen LogP contribution in [0.15, 0.2) is 33.7 Å². The molecule has 0 unspecified atom stereocenters. The average Bonchev–Trinajstić information content (AvgIpc) is 2.89. The highest BCUT2D eigenvalue weighted by molar-refractivity contribution is 7.89. The van der Waals surface area contributed by atoms with Gasteiger partial charge >= 0.3 is 0 Å². The van der Waals surface area contributed by atoms with Crippen LogP contribution in [0.4, 0.5) is 4.39 Å². The normalized spacial score (nSPS) is 21.2. The van der Waals surface area contributed by atoms with Crippen LogP contribution in [0.5, 0.6) is 5.75 Å². The average molecular weight is 370 g/mol. The Balaban J connectivity index is 1.79. The second kappa shape index (κ2) is 7.11. The topological polar surface area (TPSA) is 90.7 Å². The summed E-state index contributed by atoms with van der Waals surface area (Å²) in [7, 11) is -3.83. The molecule has 136 valence electrons. The van der Waals surface area contributed by atoms with E-state index in [2.05, 4.69) is 9.88 Å². The summed E-state index contributed by atoms with van der Waals surface area (Å²) < 4.78 is 57.4. The van der Waals surface area contributed by atoms with Crippen LogP contribution < -0.4 is 9.46 Å². The Morgan fingerprint density at radius 3 is 2.84 bits per heavy atom. The van der Waals surface area contributed by atoms with E-state index < -0.39 is 28.0 Å². The van der Waals surface area contributed by atoms with Crippen molar-refractivity contribution < 1.29 is 26.8 Å². The monoisotopic (exact) mass is 370 g/mol. The molecule has 3 rings (SSSR count). The first-order chi connectivity index (χ1) is 11.9. The van der Waals surface area contributed by atoms with Crippen molar-refractivity contribution in [1.82, 2.24) is 9.88 Å². The van der Waals surface area contributed by atoms with Gasteiger partial charge in [-0.3, -0.25) is 0 Å². The van der Waals surface area contributed by atoms with E-state index in [1.165, 1.54) is 18.2 Å². The maximum Gasteiger partial charge on any atom is 0.246 e. The molecule has 0 spiro atoms. The second-order valence-corrected chi connectivity index (χ2v) is 7.51. The third kappa shape index (κ3) is 4.00. The number of aryl methyl sites for hydroxylation is 2. The number of aromatic nitrogens is 1. The van der Waals surface area contributed by atoms with Crippen LogP contribution in [0.2, 0.25) is 0 Å². The standard InChI is InChI=1S/C16H19FN2O5S/c1-10-16(11(2)24-18-10)25(20,21)19-14-6-7-22-9-15(14)23-13-5-3-4-12(17)8-13/h3-5,8,14-15,19H,6-7,9H2,1-2H3/t14-,15-/m1/s1. The molecule has 1 aromatic heterocycles. The Morgan fingerprint density at radius 2 is 2.16 bits per heavy atom. The minimum Gasteiger partial charge on any atom is -0.486 e. The molecule has 0 amide bonds. The fraction of sp³-hybridized carbons (Fsp3) is 0.438. The van der Waals surface area contributed by atoms with Gasteiger partial charge in [0.1, 0.15) is 28.3 Å². The van der Waals surface area contributed by atoms with Crippen molar-refractivity contribution in [3.8, 4) is 5.75 Å². The molecule has 1 aromatic carbocycles. The third-order valence-electron chi connectivity index (χ3n) is 3.93. The fourth-order valence-electron chi connectivity index (χ4n) is 2.79. The van der Waals surface area contributed by atoms with Crippen molar-refractivity contribution in [2.24, 2.45) is 0 Å². The molecule has 0 bridgehead atoms. The number of nitrogens with one attached hydrogen (secondary N) is 1. The smallest absolute Gasteiger partial charge is 0.246 e. The maximum absolute atomic E-state index is 13.3. The summed E-state index contributed by atoms with van der Waals surface area (Å²) in [5.41, 5.74) is 0.291. The Bertz CT molecular complexity index is 832. The van der Waals surface area contributed by atoms with Gasteiger partial charge in [0.05, 0.1) is 12.6 Å². The zero-order chi connectivity index (χ0) is 18.0. The number of hydrogen-bond donors (Lipinski definition) is 1. The second-order valence-electron chi connectivity index (χ2n) is 5.86. The van der Waals surface area contributed by atoms with Crippen LogP contribution in [0.1, 0.15) is 17.9 Å². The van der Waals surface area contributed by atoms with E-state index in [1.54, 1.807) is 19.9 Å². The Kier molecular flexibility index (Phi) is 5.07. The number of sulfonamides is 1. The Morgan fingerprint density at radius 1 is 1.36 bits per heavy atom. The minimum absolute atomic E-state index is 0.0310. The molecule has 7 nitrogen and oxygen atoms in total. The van der Waals surface area contributed by atoms with Gasteiger partial charge in [-0.25, -0.2) is 17.5 Å². The van der Waals surface area contributed by atoms with Gasteiger partial charge in [-0.1, -0.05) is 11.2 Å². The van der Waals surface area contributed by atoms with Crippen LogP contribution in [0, 0.1) is 19.7 Å². The van der Waals surface area contributed by atoms with Gasteiger partial charge in [-0.05, 0) is 32.4 Å². The van der Waals surface area contributed by atoms with Gasteiger partial charge in [0.2, 0.25) is 10.0 Å². The molecule has 25 heavy (non-hydrogen) atoms. The van der Waals surface area contributed by atoms with E-state index >= 15 is 0 Å². The van der Waals surface area contributed by atoms with Crippen LogP contribution in [0.25, 0.3) is 0 Å². The van der Waals surface area contributed by atoms with Gasteiger partial charge in [0.25, 0.3) is 0 Å². The first-order valence-electron chi connectivity index (χ1n) is 7.82. The van der Waals surface area contributed by atoms with Crippen molar-refractivity contribution in [2.45, 2.75) is 37.3 Å². The largest absolute Gasteiger partial charge is 0.486 e. The van der Waals surface area contributed by atoms with E-state index in [4.69, 9.17) is 14.0 Å². The van der Waals surface area contributed by atoms with Crippen molar-refractivity contribution in [3.63, 3.8) is 0 Å². The number of rotatable bonds is 5. The molecular weight excluding hydrogens is 351 g/mol. The highest BCUT2D eigenvalue weighted by atomic mass is 32.2. The summed E-state index contributed by atoms with van der Waals surface area (Å²) in [6.07, 6.45) is -0.145. The summed E-state index contributed by atoms with van der Waals surface area (Å²) >= 11 is 0. The van der Waals surface area contributed by atoms with Gasteiger partial charge in [-0.15, -0.1) is 0 Å². The van der Waals surface area contributed by atoms with Crippen LogP contribution >= 0.6 is 0 Å². The lowest BCUT2D eigenvalue weighted by atomic mass is 10.1. The zero-order valence-corrected chi connectivity index (χ0v) is 14.7. The fourth-order valence-corrected chi connectivity index (χ4v) is 4.42. The number of benzene rings is 1. The zero-order valence-electron chi connectivity index (χ0n) is 13.9. The summed E-state index contributed by atoms with van der Waals surface area (Å²) in [4.78, 5) is 0.0310. The quantitative estimate of drug-likeness (QED) is 0.865. The van der Waals surface area contributed by atoms with E-state index in [0.29, 0.717) is 24.5 Å². The molecule has 0 saturated carbocycles. The lowest BCUT2D eigenvalue weighted by Gasteiger charge is -2.32. The molecule has 2 atom stereocenters. The van der Waals surface area contributed by atoms with E-state index in [-0.39, 0.29) is 17.3 Å². The number of halogens is 1. The highest BCUT2D eigenvalue weighted by Gasteiger charge is 2.34. The number of ether oxygens (including phenoxy) is 2. The van der Waals surface area contributed by atoms with Crippen molar-refractivity contribution in [2.75, 3.05) is 13.2 Å². The first-order valence-corrected chi connectivity index (χ1v) is 9.30. The first kappa shape index (κ1) is 17.8. The van der Waals surface area contributed by atoms with Crippen molar-refractivity contribution in [3.05, 3.63) is 41.5 Å². The molecule has 0 aliphatic carbocycles. The third-order valence-corrected chi connectivity index (χ3v) is 5.66. The number of hydrogen-bond acceptors (Lipinski definition) is 6. The molecule has 1 aliphatic rings. The molecule has 2 heterocycles. The van der Waals surface area contributed by atoms with E-state index in [0.717, 1.165) is 0 Å². The SMILES string of the molecule is Cc1noc(C)c1S(=O)(=O)N[C@@H]1CCOC[C@H]1Oc1cccc(F)c1. The van der Waals surface area contributed by atoms with Crippen LogP contribution in [0.3, 0.4) is 0 Å². The van der Waals surface area contributed by atoms with E-state index in [9.17, 15) is 12.8 Å². The Hall–Kier alpha value is -1.97. The van der Waals surface area contributed by atoms with Crippen LogP contribution in [-0.2, 0) is 14.8 Å². The van der Waals surface area contributed by atoms with Gasteiger partial charge < -0.3 is 14.0 Å². The summed E-state index contributed by atoms with van der Waals surface area (Å²) in [6, 6.07) is 5.17. The van der Waals surface area contributed by atoms with Gasteiger partial charge in [0.15, 0.2) is 5.76 Å². The molecule has 1 fully saturated rings. The van der Waals surface area contributed by atoms with Crippen LogP contribution in [-0.4, -0.2) is 38.9 Å². The minimum atomic E-state index is -3.83. The highest BCUT2D eigenvalue weighted by Crippen LogP contribution is 2.23. The van der Waals surface area contributed by atoms with E-state index in [1.807, 2.05) is 0 Å². The molecular formula is C16H19FN2O5S. The lowest BCUT2D eigenvalue weighted by Crippen LogP contribution is -2.51. The molecule has 0 radical (unpaired) electrons. The lowest BCUT2D eigenvalue weighted by molar-refractivity contribution is -0.00938. The predicted octanol–water partition coefficient (Wildman–Crippen LogP) is 1.95. The maximum atomic E-state index is 13.3. The molecule has 1 N–H and O–H groups in total. The number of nitrogens with zero attached hydrogens (tertiary/aromatic N) is 1. The van der Waals surface area contributed by atoms with Crippen molar-refractivity contribution >= 4 is 10.0 Å².